The molecular weight excluding hydrogens is 685 g/mol. The van der Waals surface area contributed by atoms with Crippen molar-refractivity contribution in [1.29, 1.82) is 0 Å². The summed E-state index contributed by atoms with van der Waals surface area (Å²) in [5.74, 6) is -0.430. The van der Waals surface area contributed by atoms with Crippen LogP contribution in [0.25, 0.3) is 0 Å². The highest BCUT2D eigenvalue weighted by molar-refractivity contribution is 6.04. The standard InChI is InChI=1S/C39H72N12O3/c52-37(49-25-4-13-43-19-16-40-7-1-10-46-22-28-49)34-31-35(38(53)50-26-5-14-44-20-17-41-8-2-11-47-23-29-50)33-36(32-34)39(54)51-27-6-15-45-21-18-42-9-3-12-48-24-30-51/h31-33,40-48H,1-30H2. The Labute approximate surface area is 324 Å². The molecule has 3 amide bonds. The molecule has 54 heavy (non-hydrogen) atoms. The molecule has 3 aliphatic rings. The van der Waals surface area contributed by atoms with Crippen LogP contribution in [0.4, 0.5) is 0 Å². The highest BCUT2D eigenvalue weighted by Crippen LogP contribution is 2.18. The number of nitrogens with zero attached hydrogens (tertiary/aromatic N) is 3. The van der Waals surface area contributed by atoms with E-state index in [4.69, 9.17) is 0 Å². The van der Waals surface area contributed by atoms with Crippen molar-refractivity contribution in [2.75, 3.05) is 157 Å². The molecule has 3 aliphatic heterocycles. The largest absolute Gasteiger partial charge is 0.337 e. The summed E-state index contributed by atoms with van der Waals surface area (Å²) in [7, 11) is 0. The predicted octanol–water partition coefficient (Wildman–Crippen LogP) is -1.30. The fourth-order valence-electron chi connectivity index (χ4n) is 6.99. The highest BCUT2D eigenvalue weighted by Gasteiger charge is 2.25. The second-order valence-corrected chi connectivity index (χ2v) is 14.5. The second-order valence-electron chi connectivity index (χ2n) is 14.5. The Bertz CT molecular complexity index is 1010. The van der Waals surface area contributed by atoms with Gasteiger partial charge in [0.2, 0.25) is 0 Å². The van der Waals surface area contributed by atoms with Gasteiger partial charge in [-0.3, -0.25) is 14.4 Å². The van der Waals surface area contributed by atoms with Gasteiger partial charge in [0, 0.05) is 115 Å². The molecule has 0 radical (unpaired) electrons. The number of carbonyl (C=O) groups is 3. The molecule has 306 valence electrons. The van der Waals surface area contributed by atoms with E-state index in [9.17, 15) is 14.4 Å². The van der Waals surface area contributed by atoms with Gasteiger partial charge in [0.1, 0.15) is 0 Å². The maximum absolute atomic E-state index is 14.4. The van der Waals surface area contributed by atoms with E-state index in [0.29, 0.717) is 75.6 Å². The molecule has 0 spiro atoms. The van der Waals surface area contributed by atoms with Crippen LogP contribution in [-0.2, 0) is 0 Å². The van der Waals surface area contributed by atoms with Crippen LogP contribution in [-0.4, -0.2) is 189 Å². The Morgan fingerprint density at radius 1 is 0.296 bits per heavy atom. The molecule has 0 aromatic heterocycles. The summed E-state index contributed by atoms with van der Waals surface area (Å²) in [5, 5.41) is 31.3. The summed E-state index contributed by atoms with van der Waals surface area (Å²) < 4.78 is 0. The first-order valence-electron chi connectivity index (χ1n) is 21.0. The Balaban J connectivity index is 1.60. The Morgan fingerprint density at radius 3 is 0.778 bits per heavy atom. The summed E-state index contributed by atoms with van der Waals surface area (Å²) in [5.41, 5.74) is 1.18. The number of rotatable bonds is 3. The SMILES string of the molecule is O=C(c1cc(C(=O)N2CCCNCCNCCCNCC2)cc(C(=O)N2CCCNCCNCCCNCC2)c1)N1CCCNCCNCCCNCC1. The van der Waals surface area contributed by atoms with Crippen molar-refractivity contribution in [3.05, 3.63) is 34.9 Å². The monoisotopic (exact) mass is 757 g/mol. The number of carbonyl (C=O) groups excluding carboxylic acids is 3. The van der Waals surface area contributed by atoms with Crippen LogP contribution in [0, 0.1) is 0 Å². The van der Waals surface area contributed by atoms with Crippen molar-refractivity contribution < 1.29 is 14.4 Å². The van der Waals surface area contributed by atoms with Gasteiger partial charge in [-0.05, 0) is 116 Å². The predicted molar refractivity (Wildman–Crippen MR) is 218 cm³/mol. The highest BCUT2D eigenvalue weighted by atomic mass is 16.2. The van der Waals surface area contributed by atoms with Gasteiger partial charge >= 0.3 is 0 Å². The molecule has 3 saturated heterocycles. The van der Waals surface area contributed by atoms with Gasteiger partial charge in [-0.15, -0.1) is 0 Å². The Hall–Kier alpha value is -2.73. The van der Waals surface area contributed by atoms with Crippen molar-refractivity contribution in [3.63, 3.8) is 0 Å². The van der Waals surface area contributed by atoms with E-state index < -0.39 is 0 Å². The molecule has 0 aliphatic carbocycles. The lowest BCUT2D eigenvalue weighted by Gasteiger charge is -2.27. The molecular formula is C39H72N12O3. The maximum Gasteiger partial charge on any atom is 0.253 e. The number of hydrogen-bond acceptors (Lipinski definition) is 12. The topological polar surface area (TPSA) is 169 Å². The average Bonchev–Trinajstić information content (AvgIpc) is 3.19. The summed E-state index contributed by atoms with van der Waals surface area (Å²) in [6, 6.07) is 5.19. The van der Waals surface area contributed by atoms with E-state index in [1.807, 2.05) is 14.7 Å². The molecule has 1 aromatic rings. The zero-order chi connectivity index (χ0) is 37.9. The Kier molecular flexibility index (Phi) is 22.6. The summed E-state index contributed by atoms with van der Waals surface area (Å²) in [6.45, 7) is 18.8. The van der Waals surface area contributed by atoms with Gasteiger partial charge in [-0.25, -0.2) is 0 Å². The minimum atomic E-state index is -0.143. The summed E-state index contributed by atoms with van der Waals surface area (Å²) >= 11 is 0. The lowest BCUT2D eigenvalue weighted by molar-refractivity contribution is 0.0751. The van der Waals surface area contributed by atoms with Gasteiger partial charge in [0.25, 0.3) is 17.7 Å². The molecule has 0 saturated carbocycles. The average molecular weight is 757 g/mol. The van der Waals surface area contributed by atoms with Crippen LogP contribution in [0.1, 0.15) is 69.6 Å². The van der Waals surface area contributed by atoms with Gasteiger partial charge in [0.05, 0.1) is 0 Å². The van der Waals surface area contributed by atoms with Crippen LogP contribution in [0.15, 0.2) is 18.2 Å². The Morgan fingerprint density at radius 2 is 0.519 bits per heavy atom. The molecule has 0 atom stereocenters. The van der Waals surface area contributed by atoms with Crippen LogP contribution in [0.2, 0.25) is 0 Å². The van der Waals surface area contributed by atoms with Crippen LogP contribution < -0.4 is 47.9 Å². The molecule has 3 heterocycles. The van der Waals surface area contributed by atoms with Gasteiger partial charge in [0.15, 0.2) is 0 Å². The number of nitrogens with one attached hydrogen (secondary N) is 9. The molecule has 15 heteroatoms. The summed E-state index contributed by atoms with van der Waals surface area (Å²) in [4.78, 5) is 49.0. The third-order valence-electron chi connectivity index (χ3n) is 10.1. The lowest BCUT2D eigenvalue weighted by atomic mass is 10.0. The van der Waals surface area contributed by atoms with E-state index in [2.05, 4.69) is 47.9 Å². The second kappa shape index (κ2) is 27.8. The molecule has 1 aromatic carbocycles. The minimum absolute atomic E-state index is 0.143. The number of hydrogen-bond donors (Lipinski definition) is 9. The van der Waals surface area contributed by atoms with Crippen molar-refractivity contribution >= 4 is 17.7 Å². The van der Waals surface area contributed by atoms with E-state index in [-0.39, 0.29) is 17.7 Å². The molecule has 0 unspecified atom stereocenters. The third kappa shape index (κ3) is 17.4. The minimum Gasteiger partial charge on any atom is -0.337 e. The van der Waals surface area contributed by atoms with Crippen molar-refractivity contribution in [2.24, 2.45) is 0 Å². The van der Waals surface area contributed by atoms with Crippen molar-refractivity contribution in [2.45, 2.75) is 38.5 Å². The molecule has 0 bridgehead atoms. The van der Waals surface area contributed by atoms with Crippen molar-refractivity contribution in [1.82, 2.24) is 62.6 Å². The third-order valence-corrected chi connectivity index (χ3v) is 10.1. The number of amides is 3. The number of benzene rings is 1. The summed E-state index contributed by atoms with van der Waals surface area (Å²) in [6.07, 6.45) is 5.48. The quantitative estimate of drug-likeness (QED) is 0.179. The van der Waals surface area contributed by atoms with Crippen LogP contribution in [0.5, 0.6) is 0 Å². The van der Waals surface area contributed by atoms with Gasteiger partial charge in [-0.1, -0.05) is 0 Å². The van der Waals surface area contributed by atoms with Gasteiger partial charge < -0.3 is 62.6 Å². The van der Waals surface area contributed by atoms with Crippen LogP contribution in [0.3, 0.4) is 0 Å². The fraction of sp³-hybridized carbons (Fsp3) is 0.769. The molecule has 15 nitrogen and oxygen atoms in total. The molecule has 3 fully saturated rings. The van der Waals surface area contributed by atoms with Gasteiger partial charge in [-0.2, -0.15) is 0 Å². The maximum atomic E-state index is 14.4. The van der Waals surface area contributed by atoms with E-state index in [1.165, 1.54) is 0 Å². The van der Waals surface area contributed by atoms with E-state index in [0.717, 1.165) is 137 Å². The first-order chi connectivity index (χ1) is 26.6. The fourth-order valence-corrected chi connectivity index (χ4v) is 6.99. The lowest BCUT2D eigenvalue weighted by Crippen LogP contribution is -2.42. The zero-order valence-electron chi connectivity index (χ0n) is 33.0. The zero-order valence-corrected chi connectivity index (χ0v) is 33.0. The first kappa shape index (κ1) is 44.0. The van der Waals surface area contributed by atoms with E-state index >= 15 is 0 Å². The molecule has 4 rings (SSSR count). The smallest absolute Gasteiger partial charge is 0.253 e. The molecule has 9 N–H and O–H groups in total. The normalized spacial score (nSPS) is 21.9. The van der Waals surface area contributed by atoms with E-state index in [1.54, 1.807) is 18.2 Å². The van der Waals surface area contributed by atoms with Crippen molar-refractivity contribution in [3.8, 4) is 0 Å². The first-order valence-corrected chi connectivity index (χ1v) is 21.0. The van der Waals surface area contributed by atoms with Crippen LogP contribution >= 0.6 is 0 Å².